The number of ether oxygens (including phenoxy) is 5. The largest absolute Gasteiger partial charge is 0.458 e. The predicted octanol–water partition coefficient (Wildman–Crippen LogP) is 0.891. The van der Waals surface area contributed by atoms with Crippen molar-refractivity contribution in [1.82, 2.24) is 0 Å². The summed E-state index contributed by atoms with van der Waals surface area (Å²) in [6, 6.07) is 8.96. The second-order valence-electron chi connectivity index (χ2n) is 6.33. The molecule has 0 bridgehead atoms. The van der Waals surface area contributed by atoms with Gasteiger partial charge in [0.2, 0.25) is 0 Å². The number of hydrogen-bond acceptors (Lipinski definition) is 10. The van der Waals surface area contributed by atoms with Crippen molar-refractivity contribution >= 4 is 17.9 Å². The molecule has 0 amide bonds. The van der Waals surface area contributed by atoms with Crippen LogP contribution < -0.4 is 20.9 Å². The smallest absolute Gasteiger partial charge is 0.333 e. The van der Waals surface area contributed by atoms with Crippen molar-refractivity contribution in [3.8, 4) is 35.8 Å². The molecule has 4 N–H and O–H groups in total. The average molecular weight is 456 g/mol. The Morgan fingerprint density at radius 3 is 2.12 bits per heavy atom. The van der Waals surface area contributed by atoms with Crippen LogP contribution in [0.15, 0.2) is 43.0 Å². The molecule has 0 aliphatic heterocycles. The molecule has 0 aliphatic rings. The second-order valence-corrected chi connectivity index (χ2v) is 6.33. The van der Waals surface area contributed by atoms with E-state index in [1.807, 2.05) is 0 Å². The highest BCUT2D eigenvalue weighted by atomic mass is 16.6. The Labute approximate surface area is 191 Å². The van der Waals surface area contributed by atoms with Crippen molar-refractivity contribution in [2.24, 2.45) is 11.5 Å². The minimum absolute atomic E-state index is 0.0611. The summed E-state index contributed by atoms with van der Waals surface area (Å²) in [5, 5.41) is 0. The fourth-order valence-corrected chi connectivity index (χ4v) is 2.20. The van der Waals surface area contributed by atoms with Gasteiger partial charge in [0.1, 0.15) is 36.9 Å². The molecule has 0 heterocycles. The Balaban J connectivity index is 2.81. The lowest BCUT2D eigenvalue weighted by atomic mass is 10.1. The normalized spacial score (nSPS) is 10.1. The van der Waals surface area contributed by atoms with E-state index >= 15 is 0 Å². The number of aryl methyl sites for hydroxylation is 1. The molecule has 0 fully saturated rings. The molecule has 174 valence electrons. The highest BCUT2D eigenvalue weighted by Crippen LogP contribution is 2.24. The molecule has 0 spiro atoms. The van der Waals surface area contributed by atoms with Crippen LogP contribution in [-0.2, 0) is 35.0 Å². The Kier molecular flexibility index (Phi) is 11.6. The van der Waals surface area contributed by atoms with Crippen LogP contribution in [0.3, 0.4) is 0 Å². The summed E-state index contributed by atoms with van der Waals surface area (Å²) in [6.07, 6.45) is 4.60. The summed E-state index contributed by atoms with van der Waals surface area (Å²) in [5.74, 6) is -1.38. The molecule has 0 saturated heterocycles. The van der Waals surface area contributed by atoms with E-state index in [2.05, 4.69) is 37.5 Å². The van der Waals surface area contributed by atoms with Crippen LogP contribution in [0.4, 0.5) is 0 Å². The van der Waals surface area contributed by atoms with Crippen molar-refractivity contribution in [3.05, 3.63) is 48.6 Å². The number of carbonyl (C=O) groups is 3. The van der Waals surface area contributed by atoms with Crippen LogP contribution in [0.5, 0.6) is 11.5 Å². The van der Waals surface area contributed by atoms with E-state index in [4.69, 9.17) is 35.2 Å². The van der Waals surface area contributed by atoms with Gasteiger partial charge in [-0.2, -0.15) is 0 Å². The fourth-order valence-electron chi connectivity index (χ4n) is 2.20. The Bertz CT molecular complexity index is 971. The van der Waals surface area contributed by atoms with Gasteiger partial charge < -0.3 is 35.2 Å². The maximum absolute atomic E-state index is 12.4. The van der Waals surface area contributed by atoms with Crippen LogP contribution in [0.1, 0.15) is 18.9 Å². The monoisotopic (exact) mass is 456 g/mol. The molecule has 0 aliphatic carbocycles. The van der Waals surface area contributed by atoms with Gasteiger partial charge in [-0.05, 0) is 31.0 Å². The van der Waals surface area contributed by atoms with Crippen LogP contribution in [-0.4, -0.2) is 37.2 Å². The van der Waals surface area contributed by atoms with Gasteiger partial charge in [0.15, 0.2) is 6.10 Å². The van der Waals surface area contributed by atoms with E-state index < -0.39 is 24.0 Å². The van der Waals surface area contributed by atoms with E-state index in [-0.39, 0.29) is 31.6 Å². The van der Waals surface area contributed by atoms with Gasteiger partial charge in [0.05, 0.1) is 0 Å². The van der Waals surface area contributed by atoms with Crippen LogP contribution in [0.2, 0.25) is 0 Å². The van der Waals surface area contributed by atoms with Gasteiger partial charge in [-0.1, -0.05) is 13.2 Å². The number of carbonyl (C=O) groups excluding carboxylic acids is 3. The first-order valence-corrected chi connectivity index (χ1v) is 9.49. The van der Waals surface area contributed by atoms with Gasteiger partial charge in [-0.15, -0.1) is 0 Å². The summed E-state index contributed by atoms with van der Waals surface area (Å²) in [6.45, 7) is 7.57. The molecule has 1 aromatic carbocycles. The number of hydrogen-bond donors (Lipinski definition) is 2. The van der Waals surface area contributed by atoms with E-state index in [1.165, 1.54) is 13.0 Å². The third-order valence-electron chi connectivity index (χ3n) is 3.64. The summed E-state index contributed by atoms with van der Waals surface area (Å²) in [4.78, 5) is 35.3. The molecule has 1 unspecified atom stereocenters. The van der Waals surface area contributed by atoms with Crippen molar-refractivity contribution < 1.29 is 38.1 Å². The molecule has 1 rings (SSSR count). The number of nitrogens with two attached hydrogens (primary N) is 2. The predicted molar refractivity (Wildman–Crippen MR) is 117 cm³/mol. The molecule has 0 saturated carbocycles. The van der Waals surface area contributed by atoms with Gasteiger partial charge >= 0.3 is 17.9 Å². The average Bonchev–Trinajstić information content (AvgIpc) is 2.81. The topological polar surface area (TPSA) is 149 Å². The quantitative estimate of drug-likeness (QED) is 0.153. The molecule has 10 heteroatoms. The van der Waals surface area contributed by atoms with Crippen LogP contribution in [0.25, 0.3) is 0 Å². The SMILES string of the molecule is C=CC(=O)OCC(COC(=O)C(=C)C)OC(=O)CCc1cc(OC#CN)cc(OC#CN)c1. The maximum atomic E-state index is 12.4. The molecule has 0 radical (unpaired) electrons. The molecule has 0 aromatic heterocycles. The maximum Gasteiger partial charge on any atom is 0.333 e. The number of esters is 3. The minimum atomic E-state index is -1.02. The first-order chi connectivity index (χ1) is 15.8. The molecule has 1 aromatic rings. The van der Waals surface area contributed by atoms with Crippen molar-refractivity contribution in [2.45, 2.75) is 25.9 Å². The summed E-state index contributed by atoms with van der Waals surface area (Å²) < 4.78 is 25.5. The van der Waals surface area contributed by atoms with Crippen LogP contribution in [0, 0.1) is 24.3 Å². The summed E-state index contributed by atoms with van der Waals surface area (Å²) in [5.41, 5.74) is 11.0. The first-order valence-electron chi connectivity index (χ1n) is 9.49. The molecular weight excluding hydrogens is 432 g/mol. The van der Waals surface area contributed by atoms with Crippen molar-refractivity contribution in [3.63, 3.8) is 0 Å². The molecular formula is C23H24N2O8. The Hall–Kier alpha value is -4.57. The van der Waals surface area contributed by atoms with E-state index in [9.17, 15) is 14.4 Å². The molecule has 33 heavy (non-hydrogen) atoms. The van der Waals surface area contributed by atoms with Crippen molar-refractivity contribution in [2.75, 3.05) is 13.2 Å². The highest BCUT2D eigenvalue weighted by Gasteiger charge is 2.19. The van der Waals surface area contributed by atoms with E-state index in [0.29, 0.717) is 17.1 Å². The zero-order valence-electron chi connectivity index (χ0n) is 18.1. The number of rotatable bonds is 12. The zero-order chi connectivity index (χ0) is 24.6. The summed E-state index contributed by atoms with van der Waals surface area (Å²) in [7, 11) is 0. The fraction of sp³-hybridized carbons (Fsp3) is 0.261. The third-order valence-corrected chi connectivity index (χ3v) is 3.64. The lowest BCUT2D eigenvalue weighted by Gasteiger charge is -2.18. The van der Waals surface area contributed by atoms with E-state index in [1.54, 1.807) is 12.1 Å². The number of benzene rings is 1. The molecule has 1 atom stereocenters. The Morgan fingerprint density at radius 2 is 1.61 bits per heavy atom. The summed E-state index contributed by atoms with van der Waals surface area (Å²) >= 11 is 0. The molecule has 10 nitrogen and oxygen atoms in total. The highest BCUT2D eigenvalue weighted by molar-refractivity contribution is 5.87. The van der Waals surface area contributed by atoms with Crippen LogP contribution >= 0.6 is 0 Å². The van der Waals surface area contributed by atoms with Gasteiger partial charge in [0, 0.05) is 36.2 Å². The minimum Gasteiger partial charge on any atom is -0.458 e. The lowest BCUT2D eigenvalue weighted by molar-refractivity contribution is -0.164. The third kappa shape index (κ3) is 10.9. The second kappa shape index (κ2) is 14.4. The first kappa shape index (κ1) is 26.5. The lowest BCUT2D eigenvalue weighted by Crippen LogP contribution is -2.30. The van der Waals surface area contributed by atoms with Gasteiger partial charge in [-0.25, -0.2) is 9.59 Å². The van der Waals surface area contributed by atoms with Gasteiger partial charge in [-0.3, -0.25) is 4.79 Å². The Morgan fingerprint density at radius 1 is 1.03 bits per heavy atom. The zero-order valence-corrected chi connectivity index (χ0v) is 18.1. The van der Waals surface area contributed by atoms with Crippen molar-refractivity contribution in [1.29, 1.82) is 0 Å². The standard InChI is InChI=1S/C23H24N2O8/c1-4-21(26)31-14-20(15-32-23(28)16(2)3)33-22(27)6-5-17-11-18(29-9-7-24)13-19(12-17)30-10-8-25/h4,11-13,20H,1-2,5-6,14-15,24-25H2,3H3. The van der Waals surface area contributed by atoms with E-state index in [0.717, 1.165) is 6.08 Å². The van der Waals surface area contributed by atoms with Gasteiger partial charge in [0.25, 0.3) is 0 Å².